The van der Waals surface area contributed by atoms with Crippen LogP contribution in [0.2, 0.25) is 0 Å². The number of nitrogens with zero attached hydrogens (tertiary/aromatic N) is 1. The zero-order chi connectivity index (χ0) is 15.7. The van der Waals surface area contributed by atoms with Gasteiger partial charge in [0.2, 0.25) is 5.91 Å². The van der Waals surface area contributed by atoms with Gasteiger partial charge in [-0.1, -0.05) is 13.0 Å². The molecule has 1 aromatic heterocycles. The van der Waals surface area contributed by atoms with Crippen molar-refractivity contribution in [3.8, 4) is 0 Å². The van der Waals surface area contributed by atoms with Crippen LogP contribution >= 0.6 is 0 Å². The molecular formula is C15H24N4O2. The summed E-state index contributed by atoms with van der Waals surface area (Å²) in [5.41, 5.74) is 0.794. The molecule has 0 aromatic carbocycles. The SMILES string of the molecule is CC[C@@H](C)NC(=O)CCNC(=O)N[C@@H](C)c1ccccn1. The van der Waals surface area contributed by atoms with Gasteiger partial charge in [-0.15, -0.1) is 0 Å². The third-order valence-electron chi connectivity index (χ3n) is 3.14. The number of aromatic nitrogens is 1. The van der Waals surface area contributed by atoms with E-state index < -0.39 is 0 Å². The van der Waals surface area contributed by atoms with Crippen molar-refractivity contribution >= 4 is 11.9 Å². The summed E-state index contributed by atoms with van der Waals surface area (Å²) in [4.78, 5) is 27.4. The lowest BCUT2D eigenvalue weighted by Gasteiger charge is -2.14. The monoisotopic (exact) mass is 292 g/mol. The Kier molecular flexibility index (Phi) is 7.21. The van der Waals surface area contributed by atoms with Crippen molar-refractivity contribution in [3.63, 3.8) is 0 Å². The second-order valence-electron chi connectivity index (χ2n) is 5.00. The Bertz CT molecular complexity index is 450. The predicted octanol–water partition coefficient (Wildman–Crippen LogP) is 1.75. The van der Waals surface area contributed by atoms with Crippen LogP contribution in [0.1, 0.15) is 45.3 Å². The Morgan fingerprint density at radius 3 is 2.62 bits per heavy atom. The lowest BCUT2D eigenvalue weighted by atomic mass is 10.2. The van der Waals surface area contributed by atoms with Crippen molar-refractivity contribution in [2.24, 2.45) is 0 Å². The Morgan fingerprint density at radius 1 is 1.24 bits per heavy atom. The molecule has 3 N–H and O–H groups in total. The average molecular weight is 292 g/mol. The van der Waals surface area contributed by atoms with Crippen LogP contribution < -0.4 is 16.0 Å². The maximum atomic E-state index is 11.7. The summed E-state index contributed by atoms with van der Waals surface area (Å²) in [6, 6.07) is 5.23. The number of pyridine rings is 1. The fourth-order valence-corrected chi connectivity index (χ4v) is 1.69. The predicted molar refractivity (Wildman–Crippen MR) is 81.7 cm³/mol. The number of hydrogen-bond acceptors (Lipinski definition) is 3. The largest absolute Gasteiger partial charge is 0.354 e. The molecule has 0 spiro atoms. The third-order valence-corrected chi connectivity index (χ3v) is 3.14. The van der Waals surface area contributed by atoms with E-state index in [-0.39, 0.29) is 30.4 Å². The molecule has 1 rings (SSSR count). The first-order valence-electron chi connectivity index (χ1n) is 7.27. The molecule has 2 atom stereocenters. The average Bonchev–Trinajstić information content (AvgIpc) is 2.47. The molecule has 0 unspecified atom stereocenters. The van der Waals surface area contributed by atoms with E-state index in [1.165, 1.54) is 0 Å². The number of rotatable bonds is 7. The van der Waals surface area contributed by atoms with Crippen LogP contribution in [0.25, 0.3) is 0 Å². The van der Waals surface area contributed by atoms with E-state index in [0.717, 1.165) is 12.1 Å². The van der Waals surface area contributed by atoms with E-state index in [9.17, 15) is 9.59 Å². The number of amides is 3. The second-order valence-corrected chi connectivity index (χ2v) is 5.00. The molecule has 1 heterocycles. The number of nitrogens with one attached hydrogen (secondary N) is 3. The highest BCUT2D eigenvalue weighted by Gasteiger charge is 2.10. The summed E-state index contributed by atoms with van der Waals surface area (Å²) in [6.45, 7) is 6.13. The number of urea groups is 1. The van der Waals surface area contributed by atoms with Gasteiger partial charge in [0.05, 0.1) is 11.7 Å². The molecule has 0 saturated heterocycles. The van der Waals surface area contributed by atoms with Gasteiger partial charge in [-0.05, 0) is 32.4 Å². The highest BCUT2D eigenvalue weighted by atomic mass is 16.2. The minimum atomic E-state index is -0.301. The molecule has 0 saturated carbocycles. The first-order chi connectivity index (χ1) is 10.0. The van der Waals surface area contributed by atoms with Crippen LogP contribution in [-0.4, -0.2) is 29.5 Å². The maximum absolute atomic E-state index is 11.7. The van der Waals surface area contributed by atoms with Crippen molar-refractivity contribution in [2.45, 2.75) is 45.7 Å². The summed E-state index contributed by atoms with van der Waals surface area (Å²) in [5, 5.41) is 8.29. The highest BCUT2D eigenvalue weighted by molar-refractivity contribution is 5.78. The van der Waals surface area contributed by atoms with E-state index in [1.807, 2.05) is 39.0 Å². The van der Waals surface area contributed by atoms with Crippen molar-refractivity contribution in [1.29, 1.82) is 0 Å². The van der Waals surface area contributed by atoms with Crippen molar-refractivity contribution in [1.82, 2.24) is 20.9 Å². The van der Waals surface area contributed by atoms with Crippen LogP contribution in [-0.2, 0) is 4.79 Å². The van der Waals surface area contributed by atoms with Gasteiger partial charge < -0.3 is 16.0 Å². The molecule has 0 aliphatic heterocycles. The zero-order valence-electron chi connectivity index (χ0n) is 12.8. The summed E-state index contributed by atoms with van der Waals surface area (Å²) >= 11 is 0. The van der Waals surface area contributed by atoms with Gasteiger partial charge in [-0.3, -0.25) is 9.78 Å². The van der Waals surface area contributed by atoms with Crippen LogP contribution in [0, 0.1) is 0 Å². The van der Waals surface area contributed by atoms with E-state index >= 15 is 0 Å². The minimum Gasteiger partial charge on any atom is -0.354 e. The quantitative estimate of drug-likeness (QED) is 0.716. The maximum Gasteiger partial charge on any atom is 0.315 e. The van der Waals surface area contributed by atoms with E-state index in [1.54, 1.807) is 6.20 Å². The van der Waals surface area contributed by atoms with Gasteiger partial charge in [-0.2, -0.15) is 0 Å². The smallest absolute Gasteiger partial charge is 0.315 e. The number of carbonyl (C=O) groups is 2. The molecule has 116 valence electrons. The van der Waals surface area contributed by atoms with Crippen molar-refractivity contribution < 1.29 is 9.59 Å². The Labute approximate surface area is 125 Å². The molecule has 0 bridgehead atoms. The van der Waals surface area contributed by atoms with Gasteiger partial charge in [-0.25, -0.2) is 4.79 Å². The topological polar surface area (TPSA) is 83.1 Å². The molecule has 0 aliphatic rings. The summed E-state index contributed by atoms with van der Waals surface area (Å²) in [7, 11) is 0. The van der Waals surface area contributed by atoms with E-state index in [2.05, 4.69) is 20.9 Å². The van der Waals surface area contributed by atoms with Gasteiger partial charge in [0.1, 0.15) is 0 Å². The molecule has 6 nitrogen and oxygen atoms in total. The van der Waals surface area contributed by atoms with Gasteiger partial charge >= 0.3 is 6.03 Å². The second kappa shape index (κ2) is 8.94. The first kappa shape index (κ1) is 16.9. The van der Waals surface area contributed by atoms with Gasteiger partial charge in [0.15, 0.2) is 0 Å². The van der Waals surface area contributed by atoms with E-state index in [0.29, 0.717) is 6.54 Å². The van der Waals surface area contributed by atoms with Crippen molar-refractivity contribution in [2.75, 3.05) is 6.54 Å². The standard InChI is InChI=1S/C15H24N4O2/c1-4-11(2)18-14(20)8-10-17-15(21)19-12(3)13-7-5-6-9-16-13/h5-7,9,11-12H,4,8,10H2,1-3H3,(H,18,20)(H2,17,19,21)/t11-,12+/m1/s1. The van der Waals surface area contributed by atoms with Crippen LogP contribution in [0.5, 0.6) is 0 Å². The van der Waals surface area contributed by atoms with Gasteiger partial charge in [0, 0.05) is 25.2 Å². The minimum absolute atomic E-state index is 0.0533. The third kappa shape index (κ3) is 6.74. The zero-order valence-corrected chi connectivity index (χ0v) is 12.8. The van der Waals surface area contributed by atoms with Crippen LogP contribution in [0.4, 0.5) is 4.79 Å². The number of hydrogen-bond donors (Lipinski definition) is 3. The fraction of sp³-hybridized carbons (Fsp3) is 0.533. The fourth-order valence-electron chi connectivity index (χ4n) is 1.69. The summed E-state index contributed by atoms with van der Waals surface area (Å²) in [5.74, 6) is -0.0533. The highest BCUT2D eigenvalue weighted by Crippen LogP contribution is 2.06. The van der Waals surface area contributed by atoms with Crippen LogP contribution in [0.15, 0.2) is 24.4 Å². The lowest BCUT2D eigenvalue weighted by molar-refractivity contribution is -0.121. The lowest BCUT2D eigenvalue weighted by Crippen LogP contribution is -2.40. The van der Waals surface area contributed by atoms with Crippen molar-refractivity contribution in [3.05, 3.63) is 30.1 Å². The molecule has 1 aromatic rings. The number of carbonyl (C=O) groups excluding carboxylic acids is 2. The Hall–Kier alpha value is -2.11. The molecule has 21 heavy (non-hydrogen) atoms. The van der Waals surface area contributed by atoms with E-state index in [4.69, 9.17) is 0 Å². The molecule has 3 amide bonds. The molecular weight excluding hydrogens is 268 g/mol. The molecule has 0 radical (unpaired) electrons. The Balaban J connectivity index is 2.24. The van der Waals surface area contributed by atoms with Crippen LogP contribution in [0.3, 0.4) is 0 Å². The van der Waals surface area contributed by atoms with Gasteiger partial charge in [0.25, 0.3) is 0 Å². The Morgan fingerprint density at radius 2 is 2.00 bits per heavy atom. The summed E-state index contributed by atoms with van der Waals surface area (Å²) in [6.07, 6.45) is 2.85. The normalized spacial score (nSPS) is 13.1. The molecule has 0 fully saturated rings. The first-order valence-corrected chi connectivity index (χ1v) is 7.27. The molecule has 0 aliphatic carbocycles. The molecule has 6 heteroatoms. The summed E-state index contributed by atoms with van der Waals surface area (Å²) < 4.78 is 0.